The molecule has 6 nitrogen and oxygen atoms in total. The topological polar surface area (TPSA) is 66.5 Å². The maximum Gasteiger partial charge on any atom is 0.253 e. The number of nitrogens with zero attached hydrogens (tertiary/aromatic N) is 2. The van der Waals surface area contributed by atoms with Gasteiger partial charge in [-0.05, 0) is 37.1 Å². The number of ether oxygens (including phenoxy) is 1. The normalized spacial score (nSPS) is 18.1. The first-order valence-corrected chi connectivity index (χ1v) is 10.8. The molecule has 0 radical (unpaired) electrons. The third kappa shape index (κ3) is 5.26. The molecule has 2 aromatic rings. The second-order valence-corrected chi connectivity index (χ2v) is 7.84. The lowest BCUT2D eigenvalue weighted by Crippen LogP contribution is -2.36. The van der Waals surface area contributed by atoms with Gasteiger partial charge in [0.15, 0.2) is 0 Å². The fourth-order valence-electron chi connectivity index (χ4n) is 4.09. The smallest absolute Gasteiger partial charge is 0.253 e. The number of rotatable bonds is 5. The number of aromatic nitrogens is 1. The quantitative estimate of drug-likeness (QED) is 0.747. The monoisotopic (exact) mass is 394 g/mol. The lowest BCUT2D eigenvalue weighted by atomic mass is 10.1. The molecule has 1 aliphatic carbocycles. The number of nitrogens with one attached hydrogen (secondary N) is 2. The Hall–Kier alpha value is -2.60. The highest BCUT2D eigenvalue weighted by atomic mass is 16.5. The van der Waals surface area contributed by atoms with Crippen LogP contribution in [0.3, 0.4) is 0 Å². The van der Waals surface area contributed by atoms with Gasteiger partial charge >= 0.3 is 0 Å². The van der Waals surface area contributed by atoms with Crippen molar-refractivity contribution in [1.82, 2.24) is 10.3 Å². The predicted octanol–water partition coefficient (Wildman–Crippen LogP) is 4.11. The Morgan fingerprint density at radius 1 is 1.00 bits per heavy atom. The van der Waals surface area contributed by atoms with E-state index in [4.69, 9.17) is 4.74 Å². The standard InChI is InChI=1S/C23H30N4O2/c28-23(25-19-7-3-1-2-4-8-19)18-11-12-22(24-17-18)26-20-9-5-6-10-21(20)27-13-15-29-16-14-27/h5-6,9-12,17,19H,1-4,7-8,13-16H2,(H,24,26)(H,25,28). The lowest BCUT2D eigenvalue weighted by molar-refractivity contribution is 0.0933. The summed E-state index contributed by atoms with van der Waals surface area (Å²) in [6.07, 6.45) is 8.78. The molecule has 1 amide bonds. The van der Waals surface area contributed by atoms with E-state index in [1.165, 1.54) is 25.7 Å². The number of hydrogen-bond acceptors (Lipinski definition) is 5. The van der Waals surface area contributed by atoms with Gasteiger partial charge in [0.05, 0.1) is 30.2 Å². The third-order valence-corrected chi connectivity index (χ3v) is 5.73. The maximum atomic E-state index is 12.6. The van der Waals surface area contributed by atoms with Gasteiger partial charge in [-0.15, -0.1) is 0 Å². The summed E-state index contributed by atoms with van der Waals surface area (Å²) in [5.41, 5.74) is 2.77. The van der Waals surface area contributed by atoms with Crippen LogP contribution in [0.5, 0.6) is 0 Å². The summed E-state index contributed by atoms with van der Waals surface area (Å²) < 4.78 is 5.46. The van der Waals surface area contributed by atoms with Crippen molar-refractivity contribution in [2.45, 2.75) is 44.6 Å². The van der Waals surface area contributed by atoms with Crippen LogP contribution in [0.4, 0.5) is 17.2 Å². The summed E-state index contributed by atoms with van der Waals surface area (Å²) in [5.74, 6) is 0.710. The zero-order chi connectivity index (χ0) is 19.9. The van der Waals surface area contributed by atoms with Gasteiger partial charge in [-0.3, -0.25) is 4.79 Å². The number of amides is 1. The van der Waals surface area contributed by atoms with Gasteiger partial charge in [-0.25, -0.2) is 4.98 Å². The van der Waals surface area contributed by atoms with E-state index in [0.717, 1.165) is 56.3 Å². The average Bonchev–Trinajstić information content (AvgIpc) is 3.04. The van der Waals surface area contributed by atoms with Crippen LogP contribution in [-0.4, -0.2) is 43.2 Å². The van der Waals surface area contributed by atoms with Crippen molar-refractivity contribution in [3.05, 3.63) is 48.2 Å². The zero-order valence-electron chi connectivity index (χ0n) is 16.9. The molecule has 154 valence electrons. The number of benzene rings is 1. The molecule has 6 heteroatoms. The van der Waals surface area contributed by atoms with Crippen LogP contribution >= 0.6 is 0 Å². The van der Waals surface area contributed by atoms with E-state index < -0.39 is 0 Å². The van der Waals surface area contributed by atoms with Crippen molar-refractivity contribution in [2.24, 2.45) is 0 Å². The number of hydrogen-bond donors (Lipinski definition) is 2. The van der Waals surface area contributed by atoms with E-state index in [1.54, 1.807) is 6.20 Å². The van der Waals surface area contributed by atoms with E-state index in [2.05, 4.69) is 32.7 Å². The molecular formula is C23H30N4O2. The van der Waals surface area contributed by atoms with Crippen LogP contribution in [0.15, 0.2) is 42.6 Å². The van der Waals surface area contributed by atoms with E-state index in [-0.39, 0.29) is 5.91 Å². The SMILES string of the molecule is O=C(NC1CCCCCC1)c1ccc(Nc2ccccc2N2CCOCC2)nc1. The van der Waals surface area contributed by atoms with Crippen molar-refractivity contribution < 1.29 is 9.53 Å². The van der Waals surface area contributed by atoms with Crippen LogP contribution in [-0.2, 0) is 4.74 Å². The van der Waals surface area contributed by atoms with E-state index >= 15 is 0 Å². The molecule has 29 heavy (non-hydrogen) atoms. The summed E-state index contributed by atoms with van der Waals surface area (Å²) >= 11 is 0. The summed E-state index contributed by atoms with van der Waals surface area (Å²) in [6.45, 7) is 3.26. The van der Waals surface area contributed by atoms with Crippen molar-refractivity contribution in [1.29, 1.82) is 0 Å². The van der Waals surface area contributed by atoms with Crippen molar-refractivity contribution in [3.63, 3.8) is 0 Å². The molecule has 2 heterocycles. The molecule has 0 atom stereocenters. The third-order valence-electron chi connectivity index (χ3n) is 5.73. The Balaban J connectivity index is 1.40. The first-order chi connectivity index (χ1) is 14.3. The number of para-hydroxylation sites is 2. The molecule has 0 spiro atoms. The molecule has 2 aliphatic rings. The highest BCUT2D eigenvalue weighted by molar-refractivity contribution is 5.94. The number of carbonyl (C=O) groups is 1. The molecule has 1 aromatic carbocycles. The van der Waals surface area contributed by atoms with Gasteiger partial charge in [0, 0.05) is 25.3 Å². The Labute approximate surface area is 172 Å². The largest absolute Gasteiger partial charge is 0.378 e. The van der Waals surface area contributed by atoms with Crippen LogP contribution < -0.4 is 15.5 Å². The van der Waals surface area contributed by atoms with Crippen LogP contribution in [0.1, 0.15) is 48.9 Å². The van der Waals surface area contributed by atoms with Gasteiger partial charge in [0.25, 0.3) is 5.91 Å². The number of carbonyl (C=O) groups excluding carboxylic acids is 1. The Bertz CT molecular complexity index is 795. The van der Waals surface area contributed by atoms with Crippen LogP contribution in [0.25, 0.3) is 0 Å². The van der Waals surface area contributed by atoms with Crippen molar-refractivity contribution in [2.75, 3.05) is 36.5 Å². The van der Waals surface area contributed by atoms with Crippen LogP contribution in [0.2, 0.25) is 0 Å². The van der Waals surface area contributed by atoms with Gasteiger partial charge in [-0.1, -0.05) is 37.8 Å². The molecule has 4 rings (SSSR count). The number of anilines is 3. The highest BCUT2D eigenvalue weighted by Gasteiger charge is 2.17. The zero-order valence-corrected chi connectivity index (χ0v) is 16.9. The minimum Gasteiger partial charge on any atom is -0.378 e. The summed E-state index contributed by atoms with van der Waals surface area (Å²) in [7, 11) is 0. The first kappa shape index (κ1) is 19.7. The van der Waals surface area contributed by atoms with E-state index in [0.29, 0.717) is 11.6 Å². The molecule has 0 unspecified atom stereocenters. The average molecular weight is 395 g/mol. The summed E-state index contributed by atoms with van der Waals surface area (Å²) in [5, 5.41) is 6.58. The number of pyridine rings is 1. The Morgan fingerprint density at radius 2 is 1.76 bits per heavy atom. The Kier molecular flexibility index (Phi) is 6.62. The van der Waals surface area contributed by atoms with Crippen molar-refractivity contribution in [3.8, 4) is 0 Å². The van der Waals surface area contributed by atoms with Gasteiger partial charge < -0.3 is 20.3 Å². The van der Waals surface area contributed by atoms with Gasteiger partial charge in [0.2, 0.25) is 0 Å². The van der Waals surface area contributed by atoms with Gasteiger partial charge in [-0.2, -0.15) is 0 Å². The van der Waals surface area contributed by atoms with Crippen LogP contribution in [0, 0.1) is 0 Å². The molecule has 2 fully saturated rings. The minimum atomic E-state index is -0.0235. The van der Waals surface area contributed by atoms with E-state index in [9.17, 15) is 4.79 Å². The summed E-state index contributed by atoms with van der Waals surface area (Å²) in [6, 6.07) is 12.2. The molecule has 1 aliphatic heterocycles. The maximum absolute atomic E-state index is 12.6. The fraction of sp³-hybridized carbons (Fsp3) is 0.478. The Morgan fingerprint density at radius 3 is 2.48 bits per heavy atom. The molecular weight excluding hydrogens is 364 g/mol. The first-order valence-electron chi connectivity index (χ1n) is 10.8. The molecule has 1 aromatic heterocycles. The van der Waals surface area contributed by atoms with Crippen molar-refractivity contribution >= 4 is 23.1 Å². The van der Waals surface area contributed by atoms with E-state index in [1.807, 2.05) is 24.3 Å². The second-order valence-electron chi connectivity index (χ2n) is 7.84. The predicted molar refractivity (Wildman–Crippen MR) is 116 cm³/mol. The lowest BCUT2D eigenvalue weighted by Gasteiger charge is -2.30. The highest BCUT2D eigenvalue weighted by Crippen LogP contribution is 2.28. The molecule has 1 saturated heterocycles. The molecule has 2 N–H and O–H groups in total. The fourth-order valence-corrected chi connectivity index (χ4v) is 4.09. The molecule has 1 saturated carbocycles. The van der Waals surface area contributed by atoms with Gasteiger partial charge in [0.1, 0.15) is 5.82 Å². The summed E-state index contributed by atoms with van der Waals surface area (Å²) in [4.78, 5) is 19.4. The second kappa shape index (κ2) is 9.74. The minimum absolute atomic E-state index is 0.0235. The molecule has 0 bridgehead atoms. The number of morpholine rings is 1.